The highest BCUT2D eigenvalue weighted by atomic mass is 14.6. The number of rotatable bonds is 2. The normalized spacial score (nSPS) is 9.61. The highest BCUT2D eigenvalue weighted by Gasteiger charge is 1.98. The van der Waals surface area contributed by atoms with Crippen LogP contribution in [0.2, 0.25) is 13.6 Å². The molecule has 0 saturated carbocycles. The van der Waals surface area contributed by atoms with Crippen molar-refractivity contribution in [3.05, 3.63) is 60.4 Å². The molecule has 18 heavy (non-hydrogen) atoms. The Kier molecular flexibility index (Phi) is 6.20. The standard InChI is InChI=1S/C8H11B.C8H11N/c1-9(2)8-6-4-3-5-7-8;1-7(2)8-3-5-9-6-4-8/h2*3-7H,1-2H3. The van der Waals surface area contributed by atoms with Crippen molar-refractivity contribution >= 4 is 12.2 Å². The van der Waals surface area contributed by atoms with Gasteiger partial charge >= 0.3 is 0 Å². The molecular formula is C16H22BN. The molecule has 1 heterocycles. The molecule has 0 N–H and O–H groups in total. The summed E-state index contributed by atoms with van der Waals surface area (Å²) in [5, 5.41) is 0. The molecule has 1 aromatic carbocycles. The summed E-state index contributed by atoms with van der Waals surface area (Å²) in [6.45, 7) is 9.42. The fourth-order valence-electron chi connectivity index (χ4n) is 1.59. The lowest BCUT2D eigenvalue weighted by Crippen LogP contribution is -2.21. The summed E-state index contributed by atoms with van der Waals surface area (Å²) in [5.41, 5.74) is 2.77. The Labute approximate surface area is 111 Å². The molecule has 94 valence electrons. The molecule has 2 heteroatoms. The minimum Gasteiger partial charge on any atom is -0.265 e. The van der Waals surface area contributed by atoms with E-state index in [-0.39, 0.29) is 0 Å². The molecule has 1 nitrogen and oxygen atoms in total. The van der Waals surface area contributed by atoms with Crippen molar-refractivity contribution in [1.29, 1.82) is 0 Å². The molecule has 0 radical (unpaired) electrons. The van der Waals surface area contributed by atoms with Gasteiger partial charge in [-0.3, -0.25) is 4.98 Å². The van der Waals surface area contributed by atoms with Crippen LogP contribution in [0.25, 0.3) is 0 Å². The van der Waals surface area contributed by atoms with Crippen molar-refractivity contribution in [3.63, 3.8) is 0 Å². The minimum atomic E-state index is 0.619. The zero-order valence-corrected chi connectivity index (χ0v) is 11.8. The van der Waals surface area contributed by atoms with Crippen LogP contribution >= 0.6 is 0 Å². The molecule has 2 aromatic rings. The van der Waals surface area contributed by atoms with Gasteiger partial charge in [-0.05, 0) is 23.6 Å². The van der Waals surface area contributed by atoms with Crippen LogP contribution in [0.3, 0.4) is 0 Å². The fraction of sp³-hybridized carbons (Fsp3) is 0.312. The number of pyridine rings is 1. The van der Waals surface area contributed by atoms with E-state index >= 15 is 0 Å². The molecule has 2 rings (SSSR count). The Hall–Kier alpha value is -1.57. The van der Waals surface area contributed by atoms with Crippen molar-refractivity contribution < 1.29 is 0 Å². The van der Waals surface area contributed by atoms with Gasteiger partial charge in [-0.25, -0.2) is 0 Å². The molecule has 0 aliphatic rings. The molecule has 0 unspecified atom stereocenters. The van der Waals surface area contributed by atoms with E-state index in [1.54, 1.807) is 0 Å². The lowest BCUT2D eigenvalue weighted by molar-refractivity contribution is 0.863. The van der Waals surface area contributed by atoms with Crippen LogP contribution in [0, 0.1) is 0 Å². The van der Waals surface area contributed by atoms with Gasteiger partial charge in [0.05, 0.1) is 0 Å². The molecule has 0 spiro atoms. The van der Waals surface area contributed by atoms with E-state index in [4.69, 9.17) is 0 Å². The molecule has 0 saturated heterocycles. The van der Waals surface area contributed by atoms with E-state index in [0.29, 0.717) is 12.6 Å². The molecule has 1 aromatic heterocycles. The van der Waals surface area contributed by atoms with Gasteiger partial charge in [-0.1, -0.05) is 63.3 Å². The summed E-state index contributed by atoms with van der Waals surface area (Å²) < 4.78 is 0. The average Bonchev–Trinajstić information content (AvgIpc) is 2.41. The van der Waals surface area contributed by atoms with Crippen LogP contribution in [-0.4, -0.2) is 11.7 Å². The third-order valence-corrected chi connectivity index (χ3v) is 2.84. The Morgan fingerprint density at radius 1 is 0.889 bits per heavy atom. The zero-order valence-electron chi connectivity index (χ0n) is 11.8. The maximum atomic E-state index is 3.93. The number of benzene rings is 1. The zero-order chi connectivity index (χ0) is 13.4. The third kappa shape index (κ3) is 5.18. The second kappa shape index (κ2) is 7.70. The molecule has 0 aliphatic heterocycles. The van der Waals surface area contributed by atoms with Gasteiger partial charge in [-0.15, -0.1) is 0 Å². The first kappa shape index (κ1) is 14.5. The van der Waals surface area contributed by atoms with Crippen LogP contribution in [0.4, 0.5) is 0 Å². The summed E-state index contributed by atoms with van der Waals surface area (Å²) in [4.78, 5) is 3.93. The predicted octanol–water partition coefficient (Wildman–Crippen LogP) is 3.85. The smallest absolute Gasteiger partial charge is 0.169 e. The molecule has 0 amide bonds. The van der Waals surface area contributed by atoms with Crippen molar-refractivity contribution in [1.82, 2.24) is 4.98 Å². The number of hydrogen-bond acceptors (Lipinski definition) is 1. The van der Waals surface area contributed by atoms with Crippen molar-refractivity contribution in [2.75, 3.05) is 0 Å². The maximum Gasteiger partial charge on any atom is 0.169 e. The first-order chi connectivity index (χ1) is 8.61. The van der Waals surface area contributed by atoms with Gasteiger partial charge in [0, 0.05) is 12.4 Å². The Bertz CT molecular complexity index is 380. The van der Waals surface area contributed by atoms with Gasteiger partial charge in [-0.2, -0.15) is 0 Å². The molecule has 0 atom stereocenters. The van der Waals surface area contributed by atoms with E-state index in [0.717, 1.165) is 0 Å². The summed E-state index contributed by atoms with van der Waals surface area (Å²) in [6.07, 6.45) is 3.66. The van der Waals surface area contributed by atoms with E-state index in [9.17, 15) is 0 Å². The second-order valence-corrected chi connectivity index (χ2v) is 5.00. The van der Waals surface area contributed by atoms with Crippen LogP contribution < -0.4 is 5.46 Å². The lowest BCUT2D eigenvalue weighted by atomic mass is 9.49. The van der Waals surface area contributed by atoms with Crippen LogP contribution in [0.5, 0.6) is 0 Å². The second-order valence-electron chi connectivity index (χ2n) is 5.00. The lowest BCUT2D eigenvalue weighted by Gasteiger charge is -2.01. The first-order valence-electron chi connectivity index (χ1n) is 6.56. The molecular weight excluding hydrogens is 217 g/mol. The number of hydrogen-bond donors (Lipinski definition) is 0. The number of aromatic nitrogens is 1. The van der Waals surface area contributed by atoms with Crippen LogP contribution in [0.15, 0.2) is 54.9 Å². The van der Waals surface area contributed by atoms with Crippen molar-refractivity contribution in [3.8, 4) is 0 Å². The van der Waals surface area contributed by atoms with E-state index < -0.39 is 0 Å². The van der Waals surface area contributed by atoms with Gasteiger partial charge in [0.1, 0.15) is 0 Å². The summed E-state index contributed by atoms with van der Waals surface area (Å²) in [5.74, 6) is 0.619. The summed E-state index contributed by atoms with van der Waals surface area (Å²) in [6, 6.07) is 14.6. The molecule has 0 aliphatic carbocycles. The SMILES string of the molecule is CB(C)c1ccccc1.CC(C)c1ccncc1. The summed E-state index contributed by atoms with van der Waals surface area (Å²) in [7, 11) is 0. The summed E-state index contributed by atoms with van der Waals surface area (Å²) >= 11 is 0. The minimum absolute atomic E-state index is 0.619. The van der Waals surface area contributed by atoms with Gasteiger partial charge < -0.3 is 0 Å². The highest BCUT2D eigenvalue weighted by molar-refractivity contribution is 6.70. The average molecular weight is 239 g/mol. The Morgan fingerprint density at radius 2 is 1.44 bits per heavy atom. The van der Waals surface area contributed by atoms with Crippen LogP contribution in [-0.2, 0) is 0 Å². The van der Waals surface area contributed by atoms with Crippen LogP contribution in [0.1, 0.15) is 25.3 Å². The van der Waals surface area contributed by atoms with Gasteiger partial charge in [0.2, 0.25) is 0 Å². The van der Waals surface area contributed by atoms with E-state index in [1.807, 2.05) is 30.6 Å². The Morgan fingerprint density at radius 3 is 1.78 bits per heavy atom. The third-order valence-electron chi connectivity index (χ3n) is 2.84. The quantitative estimate of drug-likeness (QED) is 0.725. The predicted molar refractivity (Wildman–Crippen MR) is 81.9 cm³/mol. The maximum absolute atomic E-state index is 3.93. The fourth-order valence-corrected chi connectivity index (χ4v) is 1.59. The van der Waals surface area contributed by atoms with E-state index in [1.165, 1.54) is 11.0 Å². The van der Waals surface area contributed by atoms with E-state index in [2.05, 4.69) is 56.7 Å². The largest absolute Gasteiger partial charge is 0.265 e. The monoisotopic (exact) mass is 239 g/mol. The molecule has 0 bridgehead atoms. The Balaban J connectivity index is 0.000000180. The van der Waals surface area contributed by atoms with Gasteiger partial charge in [0.25, 0.3) is 0 Å². The highest BCUT2D eigenvalue weighted by Crippen LogP contribution is 2.10. The first-order valence-corrected chi connectivity index (χ1v) is 6.56. The molecule has 0 fully saturated rings. The van der Waals surface area contributed by atoms with Crippen molar-refractivity contribution in [2.24, 2.45) is 0 Å². The van der Waals surface area contributed by atoms with Gasteiger partial charge in [0.15, 0.2) is 6.71 Å². The van der Waals surface area contributed by atoms with Crippen molar-refractivity contribution in [2.45, 2.75) is 33.4 Å². The topological polar surface area (TPSA) is 12.9 Å². The number of nitrogens with zero attached hydrogens (tertiary/aromatic N) is 1.